The average Bonchev–Trinajstić information content (AvgIpc) is 2.69. The molecule has 1 saturated heterocycles. The molecule has 0 saturated carbocycles. The Morgan fingerprint density at radius 3 is 2.63 bits per heavy atom. The molecule has 146 valence electrons. The zero-order valence-corrected chi connectivity index (χ0v) is 16.3. The summed E-state index contributed by atoms with van der Waals surface area (Å²) in [5.41, 5.74) is 8.57. The molecular weight excluding hydrogens is 364 g/mol. The first-order valence-corrected chi connectivity index (χ1v) is 9.06. The highest BCUT2D eigenvalue weighted by Crippen LogP contribution is 2.25. The molecule has 3 rings (SSSR count). The first-order valence-electron chi connectivity index (χ1n) is 9.06. The van der Waals surface area contributed by atoms with Gasteiger partial charge in [-0.3, -0.25) is 4.79 Å². The average molecular weight is 391 g/mol. The third kappa shape index (κ3) is 5.96. The van der Waals surface area contributed by atoms with Gasteiger partial charge in [0.15, 0.2) is 0 Å². The summed E-state index contributed by atoms with van der Waals surface area (Å²) in [7, 11) is 0. The van der Waals surface area contributed by atoms with Crippen LogP contribution in [0, 0.1) is 12.8 Å². The number of hydrogen-bond donors (Lipinski definition) is 2. The number of nitrogens with one attached hydrogen (secondary N) is 1. The second-order valence-electron chi connectivity index (χ2n) is 6.72. The van der Waals surface area contributed by atoms with Gasteiger partial charge in [-0.1, -0.05) is 36.4 Å². The van der Waals surface area contributed by atoms with Crippen LogP contribution in [0.2, 0.25) is 0 Å². The second-order valence-corrected chi connectivity index (χ2v) is 6.72. The van der Waals surface area contributed by atoms with Crippen LogP contribution in [0.3, 0.4) is 0 Å². The number of benzene rings is 2. The Morgan fingerprint density at radius 1 is 1.22 bits per heavy atom. The van der Waals surface area contributed by atoms with Gasteiger partial charge in [-0.2, -0.15) is 0 Å². The van der Waals surface area contributed by atoms with E-state index in [1.165, 1.54) is 0 Å². The summed E-state index contributed by atoms with van der Waals surface area (Å²) in [5, 5.41) is 2.88. The molecule has 1 atom stereocenters. The molecule has 0 aromatic heterocycles. The van der Waals surface area contributed by atoms with Crippen molar-refractivity contribution in [3.05, 3.63) is 59.7 Å². The summed E-state index contributed by atoms with van der Waals surface area (Å²) in [6.45, 7) is 4.28. The minimum absolute atomic E-state index is 0. The summed E-state index contributed by atoms with van der Waals surface area (Å²) in [4.78, 5) is 12.4. The number of carbonyl (C=O) groups excluding carboxylic acids is 1. The lowest BCUT2D eigenvalue weighted by Crippen LogP contribution is -2.27. The molecule has 1 aliphatic rings. The van der Waals surface area contributed by atoms with E-state index in [9.17, 15) is 4.79 Å². The highest BCUT2D eigenvalue weighted by molar-refractivity contribution is 5.95. The number of amides is 1. The maximum absolute atomic E-state index is 12.4. The van der Waals surface area contributed by atoms with Crippen LogP contribution < -0.4 is 15.8 Å². The van der Waals surface area contributed by atoms with Crippen LogP contribution in [-0.4, -0.2) is 25.7 Å². The fourth-order valence-corrected chi connectivity index (χ4v) is 2.99. The van der Waals surface area contributed by atoms with Crippen molar-refractivity contribution in [2.24, 2.45) is 11.7 Å². The molecule has 0 bridgehead atoms. The Bertz CT molecular complexity index is 733. The summed E-state index contributed by atoms with van der Waals surface area (Å²) in [6.07, 6.45) is 2.06. The SMILES string of the molecule is Cc1ccc(NC(=O)C(N)c2ccccc2)cc1OCC1CCOCC1.Cl. The van der Waals surface area contributed by atoms with Gasteiger partial charge in [-0.25, -0.2) is 0 Å². The maximum atomic E-state index is 12.4. The molecule has 2 aromatic rings. The van der Waals surface area contributed by atoms with Crippen molar-refractivity contribution in [2.75, 3.05) is 25.1 Å². The highest BCUT2D eigenvalue weighted by Gasteiger charge is 2.17. The molecular formula is C21H27ClN2O3. The van der Waals surface area contributed by atoms with Crippen molar-refractivity contribution in [3.8, 4) is 5.75 Å². The summed E-state index contributed by atoms with van der Waals surface area (Å²) in [6, 6.07) is 14.3. The van der Waals surface area contributed by atoms with E-state index in [1.54, 1.807) is 0 Å². The Labute approximate surface area is 166 Å². The van der Waals surface area contributed by atoms with Gasteiger partial charge >= 0.3 is 0 Å². The van der Waals surface area contributed by atoms with E-state index in [0.717, 1.165) is 42.9 Å². The van der Waals surface area contributed by atoms with Crippen LogP contribution in [0.25, 0.3) is 0 Å². The molecule has 6 heteroatoms. The number of aryl methyl sites for hydroxylation is 1. The predicted octanol–water partition coefficient (Wildman–Crippen LogP) is 3.86. The number of rotatable bonds is 6. The minimum atomic E-state index is -0.705. The predicted molar refractivity (Wildman–Crippen MR) is 109 cm³/mol. The van der Waals surface area contributed by atoms with Gasteiger partial charge in [0.25, 0.3) is 0 Å². The summed E-state index contributed by atoms with van der Waals surface area (Å²) < 4.78 is 11.4. The van der Waals surface area contributed by atoms with Crippen molar-refractivity contribution < 1.29 is 14.3 Å². The highest BCUT2D eigenvalue weighted by atomic mass is 35.5. The summed E-state index contributed by atoms with van der Waals surface area (Å²) in [5.74, 6) is 1.07. The molecule has 1 amide bonds. The normalized spacial score (nSPS) is 15.5. The van der Waals surface area contributed by atoms with Gasteiger partial charge in [-0.15, -0.1) is 12.4 Å². The van der Waals surface area contributed by atoms with Gasteiger partial charge in [-0.05, 0) is 42.9 Å². The number of carbonyl (C=O) groups is 1. The maximum Gasteiger partial charge on any atom is 0.245 e. The van der Waals surface area contributed by atoms with Crippen molar-refractivity contribution in [1.82, 2.24) is 0 Å². The number of anilines is 1. The topological polar surface area (TPSA) is 73.6 Å². The van der Waals surface area contributed by atoms with E-state index >= 15 is 0 Å². The number of hydrogen-bond acceptors (Lipinski definition) is 4. The van der Waals surface area contributed by atoms with Crippen LogP contribution in [-0.2, 0) is 9.53 Å². The van der Waals surface area contributed by atoms with Gasteiger partial charge in [0.2, 0.25) is 5.91 Å². The van der Waals surface area contributed by atoms with E-state index in [2.05, 4.69) is 5.32 Å². The molecule has 0 radical (unpaired) electrons. The fraction of sp³-hybridized carbons (Fsp3) is 0.381. The lowest BCUT2D eigenvalue weighted by atomic mass is 10.0. The molecule has 0 aliphatic carbocycles. The number of ether oxygens (including phenoxy) is 2. The third-order valence-electron chi connectivity index (χ3n) is 4.71. The lowest BCUT2D eigenvalue weighted by molar-refractivity contribution is -0.117. The molecule has 1 aliphatic heterocycles. The van der Waals surface area contributed by atoms with E-state index in [0.29, 0.717) is 18.2 Å². The quantitative estimate of drug-likeness (QED) is 0.785. The van der Waals surface area contributed by atoms with Crippen LogP contribution in [0.4, 0.5) is 5.69 Å². The van der Waals surface area contributed by atoms with Gasteiger partial charge < -0.3 is 20.5 Å². The zero-order chi connectivity index (χ0) is 18.4. The summed E-state index contributed by atoms with van der Waals surface area (Å²) >= 11 is 0. The van der Waals surface area contributed by atoms with Crippen LogP contribution in [0.1, 0.15) is 30.0 Å². The minimum Gasteiger partial charge on any atom is -0.493 e. The zero-order valence-electron chi connectivity index (χ0n) is 15.5. The van der Waals surface area contributed by atoms with E-state index in [1.807, 2.05) is 55.5 Å². The van der Waals surface area contributed by atoms with Crippen molar-refractivity contribution in [2.45, 2.75) is 25.8 Å². The fourth-order valence-electron chi connectivity index (χ4n) is 2.99. The Balaban J connectivity index is 0.00000261. The smallest absolute Gasteiger partial charge is 0.245 e. The number of halogens is 1. The van der Waals surface area contributed by atoms with Crippen LogP contribution >= 0.6 is 12.4 Å². The van der Waals surface area contributed by atoms with Crippen molar-refractivity contribution in [3.63, 3.8) is 0 Å². The Morgan fingerprint density at radius 2 is 1.93 bits per heavy atom. The van der Waals surface area contributed by atoms with Crippen LogP contribution in [0.5, 0.6) is 5.75 Å². The van der Waals surface area contributed by atoms with Gasteiger partial charge in [0, 0.05) is 25.0 Å². The molecule has 27 heavy (non-hydrogen) atoms. The first kappa shape index (κ1) is 21.2. The van der Waals surface area contributed by atoms with Crippen LogP contribution in [0.15, 0.2) is 48.5 Å². The Kier molecular flexibility index (Phi) is 8.10. The second kappa shape index (κ2) is 10.3. The molecule has 0 spiro atoms. The first-order chi connectivity index (χ1) is 12.6. The monoisotopic (exact) mass is 390 g/mol. The van der Waals surface area contributed by atoms with E-state index in [4.69, 9.17) is 15.2 Å². The van der Waals surface area contributed by atoms with Crippen molar-refractivity contribution in [1.29, 1.82) is 0 Å². The molecule has 1 unspecified atom stereocenters. The lowest BCUT2D eigenvalue weighted by Gasteiger charge is -2.22. The molecule has 1 heterocycles. The molecule has 3 N–H and O–H groups in total. The van der Waals surface area contributed by atoms with E-state index in [-0.39, 0.29) is 18.3 Å². The van der Waals surface area contributed by atoms with Crippen molar-refractivity contribution >= 4 is 24.0 Å². The van der Waals surface area contributed by atoms with Gasteiger partial charge in [0.05, 0.1) is 6.61 Å². The van der Waals surface area contributed by atoms with E-state index < -0.39 is 6.04 Å². The standard InChI is InChI=1S/C21H26N2O3.ClH/c1-15-7-8-18(13-19(15)26-14-16-9-11-25-12-10-16)23-21(24)20(22)17-5-3-2-4-6-17;/h2-8,13,16,20H,9-12,14,22H2,1H3,(H,23,24);1H. The third-order valence-corrected chi connectivity index (χ3v) is 4.71. The molecule has 1 fully saturated rings. The number of nitrogens with two attached hydrogens (primary N) is 1. The Hall–Kier alpha value is -2.08. The largest absolute Gasteiger partial charge is 0.493 e. The van der Waals surface area contributed by atoms with Gasteiger partial charge in [0.1, 0.15) is 11.8 Å². The molecule has 2 aromatic carbocycles. The molecule has 5 nitrogen and oxygen atoms in total.